The summed E-state index contributed by atoms with van der Waals surface area (Å²) in [6, 6.07) is 6.00. The van der Waals surface area contributed by atoms with Crippen LogP contribution >= 0.6 is 0 Å². The van der Waals surface area contributed by atoms with Crippen LogP contribution in [0.4, 0.5) is 17.5 Å². The second-order valence-electron chi connectivity index (χ2n) is 8.41. The standard InChI is InChI=1S/C23H31N7O2/c1-17(2)14-21(31)24-7-3-8-30-9-6-18-15-26-23(28-22(18)30)27-19-4-5-20(25-16-19)29-10-12-32-13-11-29/h4-6,9,15-17H,3,7-8,10-14H2,1-2H3,(H,24,31)(H,26,27,28). The number of hydrogen-bond acceptors (Lipinski definition) is 7. The van der Waals surface area contributed by atoms with Crippen molar-refractivity contribution in [3.63, 3.8) is 0 Å². The SMILES string of the molecule is CC(C)CC(=O)NCCCn1ccc2cnc(Nc3ccc(N4CCOCC4)nc3)nc21. The van der Waals surface area contributed by atoms with E-state index in [1.165, 1.54) is 0 Å². The van der Waals surface area contributed by atoms with Gasteiger partial charge in [-0.2, -0.15) is 4.98 Å². The number of aryl methyl sites for hydroxylation is 1. The second-order valence-corrected chi connectivity index (χ2v) is 8.41. The third kappa shape index (κ3) is 5.73. The van der Waals surface area contributed by atoms with E-state index in [-0.39, 0.29) is 5.91 Å². The first kappa shape index (κ1) is 22.0. The Morgan fingerprint density at radius 3 is 2.75 bits per heavy atom. The van der Waals surface area contributed by atoms with Crippen molar-refractivity contribution in [3.05, 3.63) is 36.8 Å². The van der Waals surface area contributed by atoms with Crippen LogP contribution in [-0.2, 0) is 16.1 Å². The quantitative estimate of drug-likeness (QED) is 0.497. The molecule has 1 amide bonds. The number of nitrogens with one attached hydrogen (secondary N) is 2. The molecule has 0 aromatic carbocycles. The summed E-state index contributed by atoms with van der Waals surface area (Å²) in [6.07, 6.45) is 7.04. The number of pyridine rings is 1. The second kappa shape index (κ2) is 10.4. The van der Waals surface area contributed by atoms with Gasteiger partial charge in [0, 0.05) is 50.4 Å². The number of anilines is 3. The zero-order valence-electron chi connectivity index (χ0n) is 18.8. The van der Waals surface area contributed by atoms with Gasteiger partial charge in [0.1, 0.15) is 11.5 Å². The van der Waals surface area contributed by atoms with Gasteiger partial charge in [-0.1, -0.05) is 13.8 Å². The van der Waals surface area contributed by atoms with Gasteiger partial charge in [0.15, 0.2) is 0 Å². The maximum Gasteiger partial charge on any atom is 0.229 e. The number of carbonyl (C=O) groups is 1. The zero-order valence-corrected chi connectivity index (χ0v) is 18.8. The largest absolute Gasteiger partial charge is 0.378 e. The first-order valence-electron chi connectivity index (χ1n) is 11.2. The Bertz CT molecular complexity index is 1030. The van der Waals surface area contributed by atoms with Gasteiger partial charge in [0.2, 0.25) is 11.9 Å². The molecule has 4 rings (SSSR count). The molecule has 0 aliphatic carbocycles. The van der Waals surface area contributed by atoms with Crippen molar-refractivity contribution in [1.82, 2.24) is 24.8 Å². The molecule has 1 fully saturated rings. The summed E-state index contributed by atoms with van der Waals surface area (Å²) in [6.45, 7) is 8.71. The number of morpholine rings is 1. The van der Waals surface area contributed by atoms with Crippen molar-refractivity contribution in [2.75, 3.05) is 43.1 Å². The fraction of sp³-hybridized carbons (Fsp3) is 0.478. The van der Waals surface area contributed by atoms with Crippen molar-refractivity contribution >= 4 is 34.4 Å². The van der Waals surface area contributed by atoms with E-state index >= 15 is 0 Å². The molecule has 0 radical (unpaired) electrons. The highest BCUT2D eigenvalue weighted by molar-refractivity contribution is 5.77. The number of rotatable bonds is 9. The lowest BCUT2D eigenvalue weighted by Gasteiger charge is -2.27. The molecule has 1 aliphatic rings. The zero-order chi connectivity index (χ0) is 22.3. The number of aromatic nitrogens is 4. The molecule has 2 N–H and O–H groups in total. The van der Waals surface area contributed by atoms with Crippen molar-refractivity contribution in [2.45, 2.75) is 33.2 Å². The normalized spacial score (nSPS) is 14.2. The Morgan fingerprint density at radius 1 is 1.16 bits per heavy atom. The Hall–Kier alpha value is -3.20. The summed E-state index contributed by atoms with van der Waals surface area (Å²) < 4.78 is 7.49. The van der Waals surface area contributed by atoms with Crippen LogP contribution in [0.2, 0.25) is 0 Å². The van der Waals surface area contributed by atoms with Gasteiger partial charge in [-0.15, -0.1) is 0 Å². The summed E-state index contributed by atoms with van der Waals surface area (Å²) in [5.74, 6) is 1.96. The number of amides is 1. The van der Waals surface area contributed by atoms with Crippen molar-refractivity contribution in [2.24, 2.45) is 5.92 Å². The Kier molecular flexibility index (Phi) is 7.16. The minimum atomic E-state index is 0.111. The Balaban J connectivity index is 1.35. The molecule has 1 aliphatic heterocycles. The van der Waals surface area contributed by atoms with E-state index in [9.17, 15) is 4.79 Å². The Morgan fingerprint density at radius 2 is 2.00 bits per heavy atom. The highest BCUT2D eigenvalue weighted by Gasteiger charge is 2.12. The van der Waals surface area contributed by atoms with Crippen LogP contribution in [0.1, 0.15) is 26.7 Å². The molecular formula is C23H31N7O2. The maximum atomic E-state index is 11.8. The average molecular weight is 438 g/mol. The molecule has 3 aromatic heterocycles. The molecule has 170 valence electrons. The third-order valence-corrected chi connectivity index (χ3v) is 5.33. The van der Waals surface area contributed by atoms with Gasteiger partial charge in [-0.05, 0) is 30.5 Å². The van der Waals surface area contributed by atoms with Gasteiger partial charge in [0.25, 0.3) is 0 Å². The van der Waals surface area contributed by atoms with Crippen molar-refractivity contribution < 1.29 is 9.53 Å². The molecule has 0 saturated carbocycles. The first-order chi connectivity index (χ1) is 15.6. The lowest BCUT2D eigenvalue weighted by Crippen LogP contribution is -2.36. The summed E-state index contributed by atoms with van der Waals surface area (Å²) >= 11 is 0. The maximum absolute atomic E-state index is 11.8. The van der Waals surface area contributed by atoms with Crippen LogP contribution in [0.25, 0.3) is 11.0 Å². The van der Waals surface area contributed by atoms with Gasteiger partial charge in [-0.25, -0.2) is 9.97 Å². The first-order valence-corrected chi connectivity index (χ1v) is 11.2. The van der Waals surface area contributed by atoms with Crippen LogP contribution in [0, 0.1) is 5.92 Å². The highest BCUT2D eigenvalue weighted by atomic mass is 16.5. The Labute approximate surface area is 188 Å². The van der Waals surface area contributed by atoms with E-state index in [2.05, 4.69) is 30.1 Å². The summed E-state index contributed by atoms with van der Waals surface area (Å²) in [5, 5.41) is 7.21. The molecule has 0 spiro atoms. The van der Waals surface area contributed by atoms with E-state index in [1.54, 1.807) is 6.20 Å². The summed E-state index contributed by atoms with van der Waals surface area (Å²) in [7, 11) is 0. The number of nitrogens with zero attached hydrogens (tertiary/aromatic N) is 5. The molecule has 32 heavy (non-hydrogen) atoms. The molecular weight excluding hydrogens is 406 g/mol. The molecule has 0 atom stereocenters. The summed E-state index contributed by atoms with van der Waals surface area (Å²) in [5.41, 5.74) is 1.71. The van der Waals surface area contributed by atoms with Crippen LogP contribution in [0.3, 0.4) is 0 Å². The molecule has 4 heterocycles. The lowest BCUT2D eigenvalue weighted by atomic mass is 10.1. The van der Waals surface area contributed by atoms with Crippen LogP contribution in [0.5, 0.6) is 0 Å². The highest BCUT2D eigenvalue weighted by Crippen LogP contribution is 2.20. The van der Waals surface area contributed by atoms with E-state index in [0.717, 1.165) is 61.8 Å². The molecule has 1 saturated heterocycles. The topological polar surface area (TPSA) is 97.2 Å². The molecule has 9 heteroatoms. The smallest absolute Gasteiger partial charge is 0.229 e. The van der Waals surface area contributed by atoms with E-state index in [4.69, 9.17) is 9.72 Å². The fourth-order valence-electron chi connectivity index (χ4n) is 3.70. The fourth-order valence-corrected chi connectivity index (χ4v) is 3.70. The van der Waals surface area contributed by atoms with E-state index in [0.29, 0.717) is 24.8 Å². The van der Waals surface area contributed by atoms with Crippen LogP contribution in [-0.4, -0.2) is 58.3 Å². The predicted octanol–water partition coefficient (Wildman–Crippen LogP) is 2.96. The minimum Gasteiger partial charge on any atom is -0.378 e. The number of hydrogen-bond donors (Lipinski definition) is 2. The predicted molar refractivity (Wildman–Crippen MR) is 125 cm³/mol. The molecule has 9 nitrogen and oxygen atoms in total. The van der Waals surface area contributed by atoms with Gasteiger partial charge in [-0.3, -0.25) is 4.79 Å². The van der Waals surface area contributed by atoms with E-state index in [1.807, 2.05) is 44.4 Å². The molecule has 0 unspecified atom stereocenters. The van der Waals surface area contributed by atoms with Crippen LogP contribution in [0.15, 0.2) is 36.8 Å². The number of carbonyl (C=O) groups excluding carboxylic acids is 1. The van der Waals surface area contributed by atoms with Gasteiger partial charge >= 0.3 is 0 Å². The lowest BCUT2D eigenvalue weighted by molar-refractivity contribution is -0.121. The van der Waals surface area contributed by atoms with Crippen LogP contribution < -0.4 is 15.5 Å². The molecule has 3 aromatic rings. The third-order valence-electron chi connectivity index (χ3n) is 5.33. The molecule has 0 bridgehead atoms. The van der Waals surface area contributed by atoms with Crippen molar-refractivity contribution in [1.29, 1.82) is 0 Å². The summed E-state index contributed by atoms with van der Waals surface area (Å²) in [4.78, 5) is 27.7. The number of fused-ring (bicyclic) bond motifs is 1. The monoisotopic (exact) mass is 437 g/mol. The minimum absolute atomic E-state index is 0.111. The average Bonchev–Trinajstić information content (AvgIpc) is 3.19. The van der Waals surface area contributed by atoms with Gasteiger partial charge < -0.3 is 24.8 Å². The van der Waals surface area contributed by atoms with E-state index < -0.39 is 0 Å². The number of ether oxygens (including phenoxy) is 1. The van der Waals surface area contributed by atoms with Crippen molar-refractivity contribution in [3.8, 4) is 0 Å². The van der Waals surface area contributed by atoms with Gasteiger partial charge in [0.05, 0.1) is 25.1 Å².